The zero-order valence-electron chi connectivity index (χ0n) is 12.4. The van der Waals surface area contributed by atoms with Crippen molar-refractivity contribution in [2.75, 3.05) is 6.61 Å². The van der Waals surface area contributed by atoms with E-state index < -0.39 is 0 Å². The lowest BCUT2D eigenvalue weighted by molar-refractivity contribution is 0.0942. The first-order chi connectivity index (χ1) is 10.6. The van der Waals surface area contributed by atoms with Crippen LogP contribution in [0, 0.1) is 5.92 Å². The highest BCUT2D eigenvalue weighted by Crippen LogP contribution is 2.29. The fraction of sp³-hybridized carbons (Fsp3) is 0.375. The Morgan fingerprint density at radius 3 is 3.00 bits per heavy atom. The predicted octanol–water partition coefficient (Wildman–Crippen LogP) is 2.79. The largest absolute Gasteiger partial charge is 0.477 e. The van der Waals surface area contributed by atoms with E-state index in [-0.39, 0.29) is 5.91 Å². The molecule has 0 aromatic carbocycles. The van der Waals surface area contributed by atoms with Crippen LogP contribution in [0.4, 0.5) is 0 Å². The number of pyridine rings is 1. The Labute approximate surface area is 134 Å². The third-order valence-electron chi connectivity index (χ3n) is 3.62. The van der Waals surface area contributed by atoms with Gasteiger partial charge in [0.05, 0.1) is 11.6 Å². The summed E-state index contributed by atoms with van der Waals surface area (Å²) in [6.45, 7) is 1.15. The number of hydrogen-bond donors (Lipinski definition) is 1. The molecule has 1 N–H and O–H groups in total. The molecular weight excluding hydrogens is 302 g/mol. The van der Waals surface area contributed by atoms with Gasteiger partial charge < -0.3 is 14.6 Å². The number of aromatic nitrogens is 2. The van der Waals surface area contributed by atoms with Gasteiger partial charge in [-0.1, -0.05) is 11.6 Å². The molecule has 1 aliphatic carbocycles. The monoisotopic (exact) mass is 319 g/mol. The van der Waals surface area contributed by atoms with Crippen LogP contribution in [0.2, 0.25) is 5.02 Å². The van der Waals surface area contributed by atoms with Gasteiger partial charge in [-0.3, -0.25) is 4.79 Å². The van der Waals surface area contributed by atoms with Crippen LogP contribution in [-0.4, -0.2) is 22.1 Å². The van der Waals surface area contributed by atoms with E-state index in [2.05, 4.69) is 10.3 Å². The van der Waals surface area contributed by atoms with Crippen molar-refractivity contribution < 1.29 is 9.53 Å². The molecule has 22 heavy (non-hydrogen) atoms. The lowest BCUT2D eigenvalue weighted by atomic mass is 10.2. The van der Waals surface area contributed by atoms with Gasteiger partial charge >= 0.3 is 0 Å². The van der Waals surface area contributed by atoms with Gasteiger partial charge in [-0.15, -0.1) is 0 Å². The minimum Gasteiger partial charge on any atom is -0.477 e. The third-order valence-corrected chi connectivity index (χ3v) is 3.83. The maximum atomic E-state index is 12.1. The standard InChI is InChI=1S/C16H18ClN3O2/c1-20-9-13(17)7-14(20)16(21)19-8-12-4-5-18-15(6-12)22-10-11-2-3-11/h4-7,9,11H,2-3,8,10H2,1H3,(H,19,21). The van der Waals surface area contributed by atoms with Crippen LogP contribution in [-0.2, 0) is 13.6 Å². The third kappa shape index (κ3) is 3.80. The Morgan fingerprint density at radius 1 is 1.50 bits per heavy atom. The molecule has 0 spiro atoms. The molecule has 2 aromatic rings. The van der Waals surface area contributed by atoms with Crippen LogP contribution in [0.5, 0.6) is 5.88 Å². The molecule has 2 heterocycles. The number of amides is 1. The summed E-state index contributed by atoms with van der Waals surface area (Å²) in [5.74, 6) is 1.14. The zero-order chi connectivity index (χ0) is 15.5. The molecule has 1 saturated carbocycles. The molecule has 0 aliphatic heterocycles. The number of rotatable bonds is 6. The Balaban J connectivity index is 1.57. The van der Waals surface area contributed by atoms with E-state index in [1.54, 1.807) is 30.1 Å². The van der Waals surface area contributed by atoms with Crippen LogP contribution >= 0.6 is 11.6 Å². The van der Waals surface area contributed by atoms with E-state index >= 15 is 0 Å². The molecule has 116 valence electrons. The van der Waals surface area contributed by atoms with E-state index in [9.17, 15) is 4.79 Å². The van der Waals surface area contributed by atoms with Crippen LogP contribution in [0.25, 0.3) is 0 Å². The molecule has 0 atom stereocenters. The van der Waals surface area contributed by atoms with Crippen molar-refractivity contribution in [3.8, 4) is 5.88 Å². The molecule has 1 aliphatic rings. The van der Waals surface area contributed by atoms with Crippen molar-refractivity contribution in [2.24, 2.45) is 13.0 Å². The van der Waals surface area contributed by atoms with Crippen molar-refractivity contribution in [3.63, 3.8) is 0 Å². The summed E-state index contributed by atoms with van der Waals surface area (Å²) in [5.41, 5.74) is 1.48. The topological polar surface area (TPSA) is 56.2 Å². The van der Waals surface area contributed by atoms with Gasteiger partial charge in [-0.05, 0) is 36.5 Å². The summed E-state index contributed by atoms with van der Waals surface area (Å²) in [7, 11) is 1.79. The Morgan fingerprint density at radius 2 is 2.32 bits per heavy atom. The minimum absolute atomic E-state index is 0.160. The molecule has 0 saturated heterocycles. The molecule has 5 nitrogen and oxygen atoms in total. The highest BCUT2D eigenvalue weighted by molar-refractivity contribution is 6.31. The SMILES string of the molecule is Cn1cc(Cl)cc1C(=O)NCc1ccnc(OCC2CC2)c1. The van der Waals surface area contributed by atoms with Gasteiger partial charge in [0.2, 0.25) is 5.88 Å². The number of carbonyl (C=O) groups excluding carboxylic acids is 1. The van der Waals surface area contributed by atoms with E-state index in [0.29, 0.717) is 29.1 Å². The molecular formula is C16H18ClN3O2. The van der Waals surface area contributed by atoms with Crippen LogP contribution in [0.15, 0.2) is 30.6 Å². The lowest BCUT2D eigenvalue weighted by Crippen LogP contribution is -2.24. The van der Waals surface area contributed by atoms with Crippen LogP contribution in [0.1, 0.15) is 28.9 Å². The second-order valence-corrected chi connectivity index (χ2v) is 6.03. The van der Waals surface area contributed by atoms with Gasteiger partial charge in [-0.25, -0.2) is 4.98 Å². The molecule has 1 fully saturated rings. The van der Waals surface area contributed by atoms with E-state index in [0.717, 1.165) is 12.2 Å². The van der Waals surface area contributed by atoms with Gasteiger partial charge in [0.1, 0.15) is 5.69 Å². The molecule has 0 radical (unpaired) electrons. The highest BCUT2D eigenvalue weighted by Gasteiger charge is 2.22. The molecule has 1 amide bonds. The number of hydrogen-bond acceptors (Lipinski definition) is 3. The number of halogens is 1. The number of nitrogens with one attached hydrogen (secondary N) is 1. The summed E-state index contributed by atoms with van der Waals surface area (Å²) in [6.07, 6.45) is 5.89. The van der Waals surface area contributed by atoms with Gasteiger partial charge in [0.15, 0.2) is 0 Å². The number of ether oxygens (including phenoxy) is 1. The summed E-state index contributed by atoms with van der Waals surface area (Å²) in [6, 6.07) is 5.37. The number of carbonyl (C=O) groups is 1. The summed E-state index contributed by atoms with van der Waals surface area (Å²) < 4.78 is 7.34. The van der Waals surface area contributed by atoms with Crippen molar-refractivity contribution in [1.82, 2.24) is 14.9 Å². The Hall–Kier alpha value is -2.01. The average Bonchev–Trinajstić information content (AvgIpc) is 3.27. The van der Waals surface area contributed by atoms with Crippen molar-refractivity contribution in [1.29, 1.82) is 0 Å². The minimum atomic E-state index is -0.160. The van der Waals surface area contributed by atoms with Gasteiger partial charge in [0.25, 0.3) is 5.91 Å². The van der Waals surface area contributed by atoms with Gasteiger partial charge in [0, 0.05) is 32.1 Å². The predicted molar refractivity (Wildman–Crippen MR) is 84.0 cm³/mol. The Kier molecular flexibility index (Phi) is 4.34. The maximum Gasteiger partial charge on any atom is 0.268 e. The molecule has 3 rings (SSSR count). The first-order valence-corrected chi connectivity index (χ1v) is 7.67. The van der Waals surface area contributed by atoms with Crippen molar-refractivity contribution in [3.05, 3.63) is 46.9 Å². The zero-order valence-corrected chi connectivity index (χ0v) is 13.1. The molecule has 0 bridgehead atoms. The quantitative estimate of drug-likeness (QED) is 0.890. The number of nitrogens with zero attached hydrogens (tertiary/aromatic N) is 2. The lowest BCUT2D eigenvalue weighted by Gasteiger charge is -2.08. The maximum absolute atomic E-state index is 12.1. The van der Waals surface area contributed by atoms with Crippen molar-refractivity contribution in [2.45, 2.75) is 19.4 Å². The number of aryl methyl sites for hydroxylation is 1. The highest BCUT2D eigenvalue weighted by atomic mass is 35.5. The summed E-state index contributed by atoms with van der Waals surface area (Å²) >= 11 is 5.89. The molecule has 0 unspecified atom stereocenters. The average molecular weight is 320 g/mol. The van der Waals surface area contributed by atoms with E-state index in [4.69, 9.17) is 16.3 Å². The summed E-state index contributed by atoms with van der Waals surface area (Å²) in [4.78, 5) is 16.3. The molecule has 2 aromatic heterocycles. The Bertz CT molecular complexity index is 680. The van der Waals surface area contributed by atoms with E-state index in [1.807, 2.05) is 12.1 Å². The van der Waals surface area contributed by atoms with Gasteiger partial charge in [-0.2, -0.15) is 0 Å². The second kappa shape index (κ2) is 6.40. The van der Waals surface area contributed by atoms with Crippen molar-refractivity contribution >= 4 is 17.5 Å². The van der Waals surface area contributed by atoms with E-state index in [1.165, 1.54) is 12.8 Å². The fourth-order valence-electron chi connectivity index (χ4n) is 2.15. The fourth-order valence-corrected chi connectivity index (χ4v) is 2.40. The van der Waals surface area contributed by atoms with Crippen LogP contribution in [0.3, 0.4) is 0 Å². The smallest absolute Gasteiger partial charge is 0.268 e. The normalized spacial score (nSPS) is 13.9. The molecule has 6 heteroatoms. The second-order valence-electron chi connectivity index (χ2n) is 5.59. The summed E-state index contributed by atoms with van der Waals surface area (Å²) in [5, 5.41) is 3.42. The first kappa shape index (κ1) is 14.9. The van der Waals surface area contributed by atoms with Crippen LogP contribution < -0.4 is 10.1 Å². The first-order valence-electron chi connectivity index (χ1n) is 7.29.